The molecule has 2 fully saturated rings. The average molecular weight is 280 g/mol. The number of aromatic nitrogens is 1. The van der Waals surface area contributed by atoms with Gasteiger partial charge in [-0.3, -0.25) is 4.79 Å². The molecule has 0 spiro atoms. The number of amides is 1. The van der Waals surface area contributed by atoms with E-state index >= 15 is 0 Å². The molecule has 1 unspecified atom stereocenters. The number of hydrogen-bond donors (Lipinski definition) is 1. The van der Waals surface area contributed by atoms with Crippen molar-refractivity contribution in [3.8, 4) is 0 Å². The van der Waals surface area contributed by atoms with Gasteiger partial charge in [-0.05, 0) is 43.2 Å². The molecule has 1 saturated carbocycles. The van der Waals surface area contributed by atoms with Crippen molar-refractivity contribution in [3.63, 3.8) is 0 Å². The molecule has 102 valence electrons. The van der Waals surface area contributed by atoms with Crippen LogP contribution in [-0.2, 0) is 0 Å². The van der Waals surface area contributed by atoms with E-state index in [1.165, 1.54) is 6.20 Å². The van der Waals surface area contributed by atoms with Crippen molar-refractivity contribution >= 4 is 17.5 Å². The van der Waals surface area contributed by atoms with Crippen molar-refractivity contribution in [2.24, 2.45) is 17.6 Å². The van der Waals surface area contributed by atoms with Crippen LogP contribution in [0.15, 0.2) is 18.3 Å². The van der Waals surface area contributed by atoms with E-state index in [1.54, 1.807) is 12.1 Å². The van der Waals surface area contributed by atoms with E-state index in [-0.39, 0.29) is 5.91 Å². The van der Waals surface area contributed by atoms with Gasteiger partial charge in [-0.15, -0.1) is 0 Å². The zero-order valence-corrected chi connectivity index (χ0v) is 11.5. The SMILES string of the molecule is NC1CC[C@@H]2CN(C(=O)c3ccc(Cl)cn3)C[C@@H]2C1. The molecule has 1 aromatic rings. The molecule has 2 N–H and O–H groups in total. The van der Waals surface area contributed by atoms with E-state index < -0.39 is 0 Å². The smallest absolute Gasteiger partial charge is 0.272 e. The number of halogens is 1. The van der Waals surface area contributed by atoms with Crippen LogP contribution in [0.3, 0.4) is 0 Å². The maximum Gasteiger partial charge on any atom is 0.272 e. The summed E-state index contributed by atoms with van der Waals surface area (Å²) in [5, 5.41) is 0.553. The second-order valence-corrected chi connectivity index (χ2v) is 6.10. The number of pyridine rings is 1. The maximum atomic E-state index is 12.4. The summed E-state index contributed by atoms with van der Waals surface area (Å²) < 4.78 is 0. The molecule has 1 amide bonds. The van der Waals surface area contributed by atoms with E-state index in [9.17, 15) is 4.79 Å². The molecular formula is C14H18ClN3O. The lowest BCUT2D eigenvalue weighted by atomic mass is 9.79. The molecule has 2 heterocycles. The van der Waals surface area contributed by atoms with Crippen molar-refractivity contribution in [2.75, 3.05) is 13.1 Å². The summed E-state index contributed by atoms with van der Waals surface area (Å²) in [7, 11) is 0. The number of nitrogens with two attached hydrogens (primary N) is 1. The van der Waals surface area contributed by atoms with Gasteiger partial charge in [-0.2, -0.15) is 0 Å². The minimum atomic E-state index is 0.0136. The van der Waals surface area contributed by atoms with E-state index in [1.807, 2.05) is 4.90 Å². The predicted octanol–water partition coefficient (Wildman–Crippen LogP) is 1.93. The number of nitrogens with zero attached hydrogens (tertiary/aromatic N) is 2. The molecule has 1 aliphatic heterocycles. The Hall–Kier alpha value is -1.13. The molecule has 0 aromatic carbocycles. The fraction of sp³-hybridized carbons (Fsp3) is 0.571. The molecule has 5 heteroatoms. The summed E-state index contributed by atoms with van der Waals surface area (Å²) in [6.45, 7) is 1.67. The number of hydrogen-bond acceptors (Lipinski definition) is 3. The summed E-state index contributed by atoms with van der Waals surface area (Å²) in [4.78, 5) is 18.4. The molecule has 3 rings (SSSR count). The Morgan fingerprint density at radius 3 is 2.84 bits per heavy atom. The van der Waals surface area contributed by atoms with Crippen molar-refractivity contribution < 1.29 is 4.79 Å². The summed E-state index contributed by atoms with van der Waals surface area (Å²) in [5.41, 5.74) is 6.49. The van der Waals surface area contributed by atoms with Gasteiger partial charge in [0, 0.05) is 25.3 Å². The lowest BCUT2D eigenvalue weighted by Crippen LogP contribution is -2.32. The summed E-state index contributed by atoms with van der Waals surface area (Å²) in [6.07, 6.45) is 4.79. The fourth-order valence-electron chi connectivity index (χ4n) is 3.30. The first kappa shape index (κ1) is 12.9. The Kier molecular flexibility index (Phi) is 3.46. The van der Waals surface area contributed by atoms with Gasteiger partial charge in [-0.1, -0.05) is 11.6 Å². The molecular weight excluding hydrogens is 262 g/mol. The number of carbonyl (C=O) groups is 1. The Balaban J connectivity index is 1.70. The Labute approximate surface area is 117 Å². The van der Waals surface area contributed by atoms with Crippen LogP contribution in [0.25, 0.3) is 0 Å². The lowest BCUT2D eigenvalue weighted by molar-refractivity contribution is 0.0778. The Morgan fingerprint density at radius 2 is 2.11 bits per heavy atom. The molecule has 2 aliphatic rings. The molecule has 3 atom stereocenters. The molecule has 1 aromatic heterocycles. The van der Waals surface area contributed by atoms with Crippen LogP contribution < -0.4 is 5.73 Å². The first-order valence-electron chi connectivity index (χ1n) is 6.80. The zero-order chi connectivity index (χ0) is 13.4. The molecule has 19 heavy (non-hydrogen) atoms. The number of rotatable bonds is 1. The number of fused-ring (bicyclic) bond motifs is 1. The minimum absolute atomic E-state index is 0.0136. The van der Waals surface area contributed by atoms with Crippen LogP contribution >= 0.6 is 11.6 Å². The third-order valence-corrected chi connectivity index (χ3v) is 4.55. The van der Waals surface area contributed by atoms with Crippen molar-refractivity contribution in [3.05, 3.63) is 29.0 Å². The van der Waals surface area contributed by atoms with E-state index in [0.29, 0.717) is 28.6 Å². The van der Waals surface area contributed by atoms with Crippen LogP contribution in [0.4, 0.5) is 0 Å². The summed E-state index contributed by atoms with van der Waals surface area (Å²) in [5.74, 6) is 1.20. The van der Waals surface area contributed by atoms with Gasteiger partial charge in [0.2, 0.25) is 0 Å². The third-order valence-electron chi connectivity index (χ3n) is 4.32. The maximum absolute atomic E-state index is 12.4. The van der Waals surface area contributed by atoms with Crippen molar-refractivity contribution in [1.29, 1.82) is 0 Å². The highest BCUT2D eigenvalue weighted by Gasteiger charge is 2.38. The Morgan fingerprint density at radius 1 is 1.32 bits per heavy atom. The normalized spacial score (nSPS) is 30.2. The first-order valence-corrected chi connectivity index (χ1v) is 7.17. The summed E-state index contributed by atoms with van der Waals surface area (Å²) in [6, 6.07) is 3.71. The third kappa shape index (κ3) is 2.60. The van der Waals surface area contributed by atoms with E-state index in [2.05, 4.69) is 4.98 Å². The van der Waals surface area contributed by atoms with Crippen molar-refractivity contribution in [2.45, 2.75) is 25.3 Å². The van der Waals surface area contributed by atoms with Gasteiger partial charge in [0.1, 0.15) is 5.69 Å². The highest BCUT2D eigenvalue weighted by Crippen LogP contribution is 2.36. The summed E-state index contributed by atoms with van der Waals surface area (Å²) >= 11 is 5.79. The second-order valence-electron chi connectivity index (χ2n) is 5.67. The zero-order valence-electron chi connectivity index (χ0n) is 10.8. The Bertz CT molecular complexity index is 476. The predicted molar refractivity (Wildman–Crippen MR) is 74.0 cm³/mol. The molecule has 1 aliphatic carbocycles. The van der Waals surface area contributed by atoms with Gasteiger partial charge in [0.25, 0.3) is 5.91 Å². The van der Waals surface area contributed by atoms with E-state index in [4.69, 9.17) is 17.3 Å². The van der Waals surface area contributed by atoms with Crippen LogP contribution in [0, 0.1) is 11.8 Å². The minimum Gasteiger partial charge on any atom is -0.337 e. The monoisotopic (exact) mass is 279 g/mol. The standard InChI is InChI=1S/C14H18ClN3O/c15-11-2-4-13(17-6-11)14(19)18-7-9-1-3-12(16)5-10(9)8-18/h2,4,6,9-10,12H,1,3,5,7-8,16H2/t9-,10+,12?/m1/s1. The number of likely N-dealkylation sites (tertiary alicyclic amines) is 1. The fourth-order valence-corrected chi connectivity index (χ4v) is 3.41. The first-order chi connectivity index (χ1) is 9.13. The van der Waals surface area contributed by atoms with Gasteiger partial charge < -0.3 is 10.6 Å². The lowest BCUT2D eigenvalue weighted by Gasteiger charge is -2.27. The van der Waals surface area contributed by atoms with E-state index in [0.717, 1.165) is 32.4 Å². The van der Waals surface area contributed by atoms with Crippen molar-refractivity contribution in [1.82, 2.24) is 9.88 Å². The number of carbonyl (C=O) groups excluding carboxylic acids is 1. The second kappa shape index (κ2) is 5.10. The van der Waals surface area contributed by atoms with Crippen LogP contribution in [0.2, 0.25) is 5.02 Å². The van der Waals surface area contributed by atoms with Gasteiger partial charge in [-0.25, -0.2) is 4.98 Å². The average Bonchev–Trinajstić information content (AvgIpc) is 2.81. The quantitative estimate of drug-likeness (QED) is 0.855. The molecule has 4 nitrogen and oxygen atoms in total. The van der Waals surface area contributed by atoms with Crippen LogP contribution in [-0.4, -0.2) is 34.9 Å². The largest absolute Gasteiger partial charge is 0.337 e. The van der Waals surface area contributed by atoms with Gasteiger partial charge in [0.15, 0.2) is 0 Å². The molecule has 0 radical (unpaired) electrons. The van der Waals surface area contributed by atoms with Crippen LogP contribution in [0.1, 0.15) is 29.8 Å². The molecule has 0 bridgehead atoms. The highest BCUT2D eigenvalue weighted by atomic mass is 35.5. The van der Waals surface area contributed by atoms with Crippen LogP contribution in [0.5, 0.6) is 0 Å². The van der Waals surface area contributed by atoms with Gasteiger partial charge >= 0.3 is 0 Å². The molecule has 1 saturated heterocycles. The van der Waals surface area contributed by atoms with Gasteiger partial charge in [0.05, 0.1) is 5.02 Å². The topological polar surface area (TPSA) is 59.2 Å². The highest BCUT2D eigenvalue weighted by molar-refractivity contribution is 6.30.